The van der Waals surface area contributed by atoms with Gasteiger partial charge in [0.15, 0.2) is 0 Å². The standard InChI is InChI=1S/C17H31N3O/c1-3-20(16-9-5-4-6-10-16)17(21)13-19-11-7-8-15(12-19)14(2)18/h9,14-15H,3-8,10-13,18H2,1-2H3. The number of nitrogens with two attached hydrogens (primary N) is 1. The third-order valence-corrected chi connectivity index (χ3v) is 4.88. The largest absolute Gasteiger partial charge is 0.328 e. The summed E-state index contributed by atoms with van der Waals surface area (Å²) < 4.78 is 0. The highest BCUT2D eigenvalue weighted by Crippen LogP contribution is 2.22. The second kappa shape index (κ2) is 7.95. The molecule has 0 aromatic heterocycles. The fourth-order valence-electron chi connectivity index (χ4n) is 3.55. The highest BCUT2D eigenvalue weighted by Gasteiger charge is 2.26. The first-order valence-electron chi connectivity index (χ1n) is 8.59. The summed E-state index contributed by atoms with van der Waals surface area (Å²) in [5.74, 6) is 0.798. The molecule has 2 atom stereocenters. The van der Waals surface area contributed by atoms with Gasteiger partial charge < -0.3 is 10.6 Å². The number of nitrogens with zero attached hydrogens (tertiary/aromatic N) is 2. The van der Waals surface area contributed by atoms with Gasteiger partial charge in [0.05, 0.1) is 6.54 Å². The predicted octanol–water partition coefficient (Wildman–Crippen LogP) is 2.35. The molecule has 1 saturated heterocycles. The van der Waals surface area contributed by atoms with Crippen LogP contribution in [0.1, 0.15) is 52.4 Å². The van der Waals surface area contributed by atoms with Gasteiger partial charge in [-0.25, -0.2) is 0 Å². The number of allylic oxidation sites excluding steroid dienone is 2. The van der Waals surface area contributed by atoms with Crippen molar-refractivity contribution < 1.29 is 4.79 Å². The Kier molecular flexibility index (Phi) is 6.24. The normalized spacial score (nSPS) is 25.3. The quantitative estimate of drug-likeness (QED) is 0.846. The highest BCUT2D eigenvalue weighted by molar-refractivity contribution is 5.80. The number of piperidine rings is 1. The number of likely N-dealkylation sites (N-methyl/N-ethyl adjacent to an activating group) is 1. The Morgan fingerprint density at radius 2 is 2.29 bits per heavy atom. The zero-order valence-corrected chi connectivity index (χ0v) is 13.7. The van der Waals surface area contributed by atoms with Crippen molar-refractivity contribution in [2.45, 2.75) is 58.4 Å². The molecule has 0 aromatic carbocycles. The monoisotopic (exact) mass is 293 g/mol. The van der Waals surface area contributed by atoms with E-state index in [4.69, 9.17) is 5.73 Å². The van der Waals surface area contributed by atoms with E-state index in [2.05, 4.69) is 24.8 Å². The van der Waals surface area contributed by atoms with Crippen LogP contribution in [0.5, 0.6) is 0 Å². The molecule has 1 aliphatic carbocycles. The van der Waals surface area contributed by atoms with Crippen molar-refractivity contribution in [3.8, 4) is 0 Å². The highest BCUT2D eigenvalue weighted by atomic mass is 16.2. The van der Waals surface area contributed by atoms with Crippen LogP contribution >= 0.6 is 0 Å². The second-order valence-electron chi connectivity index (χ2n) is 6.58. The molecule has 2 unspecified atom stereocenters. The zero-order chi connectivity index (χ0) is 15.2. The second-order valence-corrected chi connectivity index (χ2v) is 6.58. The maximum atomic E-state index is 12.6. The van der Waals surface area contributed by atoms with Crippen LogP contribution in [0.3, 0.4) is 0 Å². The van der Waals surface area contributed by atoms with E-state index in [1.165, 1.54) is 25.0 Å². The maximum Gasteiger partial charge on any atom is 0.240 e. The summed E-state index contributed by atoms with van der Waals surface area (Å²) in [4.78, 5) is 16.9. The smallest absolute Gasteiger partial charge is 0.240 e. The lowest BCUT2D eigenvalue weighted by Crippen LogP contribution is -2.47. The summed E-state index contributed by atoms with van der Waals surface area (Å²) in [6.45, 7) is 7.50. The van der Waals surface area contributed by atoms with Crippen LogP contribution in [0.2, 0.25) is 0 Å². The number of likely N-dealkylation sites (tertiary alicyclic amines) is 1. The summed E-state index contributed by atoms with van der Waals surface area (Å²) in [5, 5.41) is 0. The molecule has 4 nitrogen and oxygen atoms in total. The van der Waals surface area contributed by atoms with E-state index in [9.17, 15) is 4.79 Å². The van der Waals surface area contributed by atoms with Crippen LogP contribution in [-0.4, -0.2) is 47.9 Å². The van der Waals surface area contributed by atoms with Gasteiger partial charge in [0.25, 0.3) is 0 Å². The van der Waals surface area contributed by atoms with Gasteiger partial charge in [0, 0.05) is 24.8 Å². The summed E-state index contributed by atoms with van der Waals surface area (Å²) in [6, 6.07) is 0.228. The Morgan fingerprint density at radius 3 is 2.90 bits per heavy atom. The molecule has 2 rings (SSSR count). The van der Waals surface area contributed by atoms with Crippen LogP contribution in [-0.2, 0) is 4.79 Å². The van der Waals surface area contributed by atoms with Crippen LogP contribution in [0.15, 0.2) is 11.8 Å². The summed E-state index contributed by atoms with van der Waals surface area (Å²) in [5.41, 5.74) is 7.28. The average molecular weight is 293 g/mol. The van der Waals surface area contributed by atoms with E-state index in [1.807, 2.05) is 4.90 Å². The lowest BCUT2D eigenvalue weighted by molar-refractivity contribution is -0.131. The van der Waals surface area contributed by atoms with Gasteiger partial charge in [-0.15, -0.1) is 0 Å². The van der Waals surface area contributed by atoms with Crippen molar-refractivity contribution in [2.75, 3.05) is 26.2 Å². The van der Waals surface area contributed by atoms with Crippen molar-refractivity contribution in [3.05, 3.63) is 11.8 Å². The zero-order valence-electron chi connectivity index (χ0n) is 13.7. The van der Waals surface area contributed by atoms with Crippen LogP contribution in [0, 0.1) is 5.92 Å². The Bertz CT molecular complexity index is 378. The SMILES string of the molecule is CCN(C(=O)CN1CCCC(C(C)N)C1)C1=CCCCC1. The minimum atomic E-state index is 0.228. The van der Waals surface area contributed by atoms with Gasteiger partial charge in [-0.2, -0.15) is 0 Å². The molecule has 4 heteroatoms. The molecule has 2 N–H and O–H groups in total. The molecule has 1 heterocycles. The Balaban J connectivity index is 1.91. The molecule has 1 aliphatic heterocycles. The number of carbonyl (C=O) groups excluding carboxylic acids is 1. The van der Waals surface area contributed by atoms with Crippen molar-refractivity contribution in [1.82, 2.24) is 9.80 Å². The first-order valence-corrected chi connectivity index (χ1v) is 8.59. The van der Waals surface area contributed by atoms with E-state index >= 15 is 0 Å². The molecule has 1 fully saturated rings. The number of rotatable bonds is 5. The number of amides is 1. The Hall–Kier alpha value is -0.870. The molecular formula is C17H31N3O. The fourth-order valence-corrected chi connectivity index (χ4v) is 3.55. The molecule has 0 aromatic rings. The molecule has 21 heavy (non-hydrogen) atoms. The van der Waals surface area contributed by atoms with Gasteiger partial charge in [-0.1, -0.05) is 6.08 Å². The first-order chi connectivity index (χ1) is 10.1. The van der Waals surface area contributed by atoms with Crippen LogP contribution in [0.25, 0.3) is 0 Å². The van der Waals surface area contributed by atoms with Gasteiger partial charge >= 0.3 is 0 Å². The van der Waals surface area contributed by atoms with Crippen LogP contribution < -0.4 is 5.73 Å². The topological polar surface area (TPSA) is 49.6 Å². The molecule has 120 valence electrons. The third-order valence-electron chi connectivity index (χ3n) is 4.88. The minimum Gasteiger partial charge on any atom is -0.328 e. The molecule has 2 aliphatic rings. The van der Waals surface area contributed by atoms with E-state index in [0.29, 0.717) is 12.5 Å². The van der Waals surface area contributed by atoms with Crippen LogP contribution in [0.4, 0.5) is 0 Å². The first kappa shape index (κ1) is 16.5. The Morgan fingerprint density at radius 1 is 1.48 bits per heavy atom. The third kappa shape index (κ3) is 4.55. The number of carbonyl (C=O) groups is 1. The van der Waals surface area contributed by atoms with E-state index < -0.39 is 0 Å². The maximum absolute atomic E-state index is 12.6. The predicted molar refractivity (Wildman–Crippen MR) is 86.8 cm³/mol. The van der Waals surface area contributed by atoms with E-state index in [1.54, 1.807) is 0 Å². The van der Waals surface area contributed by atoms with Gasteiger partial charge in [-0.3, -0.25) is 9.69 Å². The number of hydrogen-bond acceptors (Lipinski definition) is 3. The fraction of sp³-hybridized carbons (Fsp3) is 0.824. The molecule has 0 saturated carbocycles. The lowest BCUT2D eigenvalue weighted by Gasteiger charge is -2.36. The molecule has 0 radical (unpaired) electrons. The van der Waals surface area contributed by atoms with Gasteiger partial charge in [0.2, 0.25) is 5.91 Å². The van der Waals surface area contributed by atoms with Crippen molar-refractivity contribution in [2.24, 2.45) is 11.7 Å². The van der Waals surface area contributed by atoms with Gasteiger partial charge in [-0.05, 0) is 64.8 Å². The molecule has 0 bridgehead atoms. The van der Waals surface area contributed by atoms with Crippen molar-refractivity contribution >= 4 is 5.91 Å². The molecular weight excluding hydrogens is 262 g/mol. The average Bonchev–Trinajstić information content (AvgIpc) is 2.49. The van der Waals surface area contributed by atoms with E-state index in [-0.39, 0.29) is 11.9 Å². The summed E-state index contributed by atoms with van der Waals surface area (Å²) >= 11 is 0. The summed E-state index contributed by atoms with van der Waals surface area (Å²) in [6.07, 6.45) is 9.27. The molecule has 0 spiro atoms. The lowest BCUT2D eigenvalue weighted by atomic mass is 9.92. The minimum absolute atomic E-state index is 0.228. The van der Waals surface area contributed by atoms with Crippen molar-refractivity contribution in [1.29, 1.82) is 0 Å². The van der Waals surface area contributed by atoms with Gasteiger partial charge in [0.1, 0.15) is 0 Å². The van der Waals surface area contributed by atoms with Crippen molar-refractivity contribution in [3.63, 3.8) is 0 Å². The number of hydrogen-bond donors (Lipinski definition) is 1. The molecule has 1 amide bonds. The summed E-state index contributed by atoms with van der Waals surface area (Å²) in [7, 11) is 0. The Labute approximate surface area is 129 Å². The van der Waals surface area contributed by atoms with E-state index in [0.717, 1.165) is 38.9 Å².